The van der Waals surface area contributed by atoms with Gasteiger partial charge >= 0.3 is 0 Å². The van der Waals surface area contributed by atoms with Gasteiger partial charge in [-0.1, -0.05) is 74.6 Å². The van der Waals surface area contributed by atoms with E-state index in [4.69, 9.17) is 14.5 Å². The molecule has 3 aromatic carbocycles. The van der Waals surface area contributed by atoms with Crippen molar-refractivity contribution in [2.45, 2.75) is 32.8 Å². The van der Waals surface area contributed by atoms with E-state index in [-0.39, 0.29) is 5.56 Å². The fourth-order valence-corrected chi connectivity index (χ4v) is 5.07. The van der Waals surface area contributed by atoms with Crippen LogP contribution in [0.1, 0.15) is 37.7 Å². The molecule has 0 aliphatic carbocycles. The van der Waals surface area contributed by atoms with Gasteiger partial charge in [-0.2, -0.15) is 9.78 Å². The number of ether oxygens (including phenoxy) is 2. The lowest BCUT2D eigenvalue weighted by Gasteiger charge is -2.20. The van der Waals surface area contributed by atoms with Crippen molar-refractivity contribution in [1.29, 1.82) is 0 Å². The number of nitrogens with zero attached hydrogens (tertiary/aromatic N) is 3. The standard InChI is InChI=1S/C27H24Br3N3O3/c1-27(2,3)26-32-22-9-8-18(28)12-20(22)25(34)33(26)31-14-16-5-10-23(24(11-16)35-4)36-15-17-6-7-19(29)13-21(17)30/h5-14H,15H2,1-4H3. The van der Waals surface area contributed by atoms with E-state index in [9.17, 15) is 4.79 Å². The van der Waals surface area contributed by atoms with Gasteiger partial charge < -0.3 is 9.47 Å². The maximum absolute atomic E-state index is 13.4. The molecule has 0 bridgehead atoms. The summed E-state index contributed by atoms with van der Waals surface area (Å²) in [6.45, 7) is 6.39. The van der Waals surface area contributed by atoms with Gasteiger partial charge in [0.2, 0.25) is 0 Å². The number of methoxy groups -OCH3 is 1. The Hall–Kier alpha value is -2.49. The molecule has 6 nitrogen and oxygen atoms in total. The van der Waals surface area contributed by atoms with E-state index in [0.717, 1.165) is 24.5 Å². The minimum Gasteiger partial charge on any atom is -0.493 e. The molecule has 1 heterocycles. The Labute approximate surface area is 234 Å². The maximum atomic E-state index is 13.4. The highest BCUT2D eigenvalue weighted by Crippen LogP contribution is 2.30. The van der Waals surface area contributed by atoms with E-state index < -0.39 is 5.41 Å². The largest absolute Gasteiger partial charge is 0.493 e. The molecule has 0 fully saturated rings. The van der Waals surface area contributed by atoms with Crippen molar-refractivity contribution >= 4 is 64.9 Å². The molecule has 0 saturated carbocycles. The zero-order chi connectivity index (χ0) is 26.0. The molecule has 0 unspecified atom stereocenters. The van der Waals surface area contributed by atoms with Crippen molar-refractivity contribution in [3.8, 4) is 11.5 Å². The molecule has 0 atom stereocenters. The molecule has 0 amide bonds. The van der Waals surface area contributed by atoms with E-state index in [2.05, 4.69) is 52.9 Å². The van der Waals surface area contributed by atoms with Gasteiger partial charge in [-0.3, -0.25) is 4.79 Å². The first-order valence-electron chi connectivity index (χ1n) is 11.1. The first kappa shape index (κ1) is 26.6. The predicted octanol–water partition coefficient (Wildman–Crippen LogP) is 7.45. The van der Waals surface area contributed by atoms with Gasteiger partial charge in [0, 0.05) is 24.4 Å². The summed E-state index contributed by atoms with van der Waals surface area (Å²) < 4.78 is 15.7. The summed E-state index contributed by atoms with van der Waals surface area (Å²) in [6.07, 6.45) is 1.62. The molecule has 0 radical (unpaired) electrons. The lowest BCUT2D eigenvalue weighted by Crippen LogP contribution is -2.29. The Balaban J connectivity index is 1.66. The Bertz CT molecular complexity index is 1520. The number of aromatic nitrogens is 2. The van der Waals surface area contributed by atoms with Crippen LogP contribution >= 0.6 is 47.8 Å². The third-order valence-corrected chi connectivity index (χ3v) is 7.11. The second-order valence-electron chi connectivity index (χ2n) is 9.14. The fraction of sp³-hybridized carbons (Fsp3) is 0.222. The van der Waals surface area contributed by atoms with Crippen LogP contribution in [0.2, 0.25) is 0 Å². The SMILES string of the molecule is COc1cc(C=Nn2c(C(C)(C)C)nc3ccc(Br)cc3c2=O)ccc1OCc1ccc(Br)cc1Br. The van der Waals surface area contributed by atoms with Crippen LogP contribution in [0, 0.1) is 0 Å². The molecule has 0 aliphatic heterocycles. The van der Waals surface area contributed by atoms with Crippen LogP contribution in [0.5, 0.6) is 11.5 Å². The minimum atomic E-state index is -0.394. The number of rotatable bonds is 6. The van der Waals surface area contributed by atoms with E-state index in [1.807, 2.05) is 69.3 Å². The summed E-state index contributed by atoms with van der Waals surface area (Å²) in [4.78, 5) is 18.1. The van der Waals surface area contributed by atoms with E-state index in [0.29, 0.717) is 34.8 Å². The first-order chi connectivity index (χ1) is 17.1. The summed E-state index contributed by atoms with van der Waals surface area (Å²) in [5.74, 6) is 1.75. The highest BCUT2D eigenvalue weighted by Gasteiger charge is 2.23. The average molecular weight is 678 g/mol. The van der Waals surface area contributed by atoms with Gasteiger partial charge in [-0.25, -0.2) is 4.98 Å². The number of hydrogen-bond donors (Lipinski definition) is 0. The second kappa shape index (κ2) is 10.9. The van der Waals surface area contributed by atoms with Gasteiger partial charge in [0.15, 0.2) is 11.5 Å². The molecule has 0 saturated heterocycles. The summed E-state index contributed by atoms with van der Waals surface area (Å²) in [5, 5.41) is 5.03. The van der Waals surface area contributed by atoms with Crippen molar-refractivity contribution in [3.05, 3.63) is 95.3 Å². The van der Waals surface area contributed by atoms with Crippen molar-refractivity contribution in [2.75, 3.05) is 7.11 Å². The van der Waals surface area contributed by atoms with E-state index in [1.165, 1.54) is 4.68 Å². The highest BCUT2D eigenvalue weighted by atomic mass is 79.9. The molecule has 4 aromatic rings. The predicted molar refractivity (Wildman–Crippen MR) is 155 cm³/mol. The average Bonchev–Trinajstić information content (AvgIpc) is 2.82. The van der Waals surface area contributed by atoms with E-state index >= 15 is 0 Å². The molecular formula is C27H24Br3N3O3. The summed E-state index contributed by atoms with van der Waals surface area (Å²) >= 11 is 10.5. The maximum Gasteiger partial charge on any atom is 0.282 e. The third kappa shape index (κ3) is 5.90. The fourth-order valence-electron chi connectivity index (χ4n) is 3.54. The zero-order valence-corrected chi connectivity index (χ0v) is 24.9. The van der Waals surface area contributed by atoms with Crippen LogP contribution in [0.15, 0.2) is 77.9 Å². The monoisotopic (exact) mass is 675 g/mol. The van der Waals surface area contributed by atoms with Gasteiger partial charge in [0.05, 0.1) is 24.2 Å². The normalized spacial score (nSPS) is 11.9. The quantitative estimate of drug-likeness (QED) is 0.199. The van der Waals surface area contributed by atoms with Crippen molar-refractivity contribution in [3.63, 3.8) is 0 Å². The number of fused-ring (bicyclic) bond motifs is 1. The van der Waals surface area contributed by atoms with Crippen LogP contribution in [0.25, 0.3) is 10.9 Å². The van der Waals surface area contributed by atoms with Crippen molar-refractivity contribution in [1.82, 2.24) is 9.66 Å². The molecule has 0 spiro atoms. The smallest absolute Gasteiger partial charge is 0.282 e. The Kier molecular flexibility index (Phi) is 8.02. The molecule has 1 aromatic heterocycles. The third-order valence-electron chi connectivity index (χ3n) is 5.39. The van der Waals surface area contributed by atoms with Crippen LogP contribution < -0.4 is 15.0 Å². The zero-order valence-electron chi connectivity index (χ0n) is 20.2. The van der Waals surface area contributed by atoms with Crippen molar-refractivity contribution in [2.24, 2.45) is 5.10 Å². The molecular weight excluding hydrogens is 654 g/mol. The van der Waals surface area contributed by atoms with Gasteiger partial charge in [0.1, 0.15) is 12.4 Å². The topological polar surface area (TPSA) is 65.7 Å². The van der Waals surface area contributed by atoms with Crippen molar-refractivity contribution < 1.29 is 9.47 Å². The van der Waals surface area contributed by atoms with Gasteiger partial charge in [-0.15, -0.1) is 0 Å². The molecule has 0 aliphatic rings. The molecule has 9 heteroatoms. The molecule has 186 valence electrons. The minimum absolute atomic E-state index is 0.227. The Morgan fingerprint density at radius 2 is 1.69 bits per heavy atom. The summed E-state index contributed by atoms with van der Waals surface area (Å²) in [6, 6.07) is 16.9. The highest BCUT2D eigenvalue weighted by molar-refractivity contribution is 9.11. The summed E-state index contributed by atoms with van der Waals surface area (Å²) in [5.41, 5.74) is 1.78. The van der Waals surface area contributed by atoms with Crippen LogP contribution in [-0.4, -0.2) is 23.0 Å². The Morgan fingerprint density at radius 1 is 0.972 bits per heavy atom. The Morgan fingerprint density at radius 3 is 2.39 bits per heavy atom. The summed E-state index contributed by atoms with van der Waals surface area (Å²) in [7, 11) is 1.59. The lowest BCUT2D eigenvalue weighted by atomic mass is 9.95. The van der Waals surface area contributed by atoms with Crippen LogP contribution in [0.3, 0.4) is 0 Å². The van der Waals surface area contributed by atoms with Gasteiger partial charge in [-0.05, 0) is 54.1 Å². The van der Waals surface area contributed by atoms with Gasteiger partial charge in [0.25, 0.3) is 5.56 Å². The van der Waals surface area contributed by atoms with Crippen LogP contribution in [0.4, 0.5) is 0 Å². The first-order valence-corrected chi connectivity index (χ1v) is 13.5. The number of benzene rings is 3. The number of halogens is 3. The van der Waals surface area contributed by atoms with Crippen LogP contribution in [-0.2, 0) is 12.0 Å². The van der Waals surface area contributed by atoms with E-state index in [1.54, 1.807) is 19.4 Å². The molecule has 4 rings (SSSR count). The second-order valence-corrected chi connectivity index (χ2v) is 11.8. The number of hydrogen-bond acceptors (Lipinski definition) is 5. The molecule has 0 N–H and O–H groups in total. The lowest BCUT2D eigenvalue weighted by molar-refractivity contribution is 0.284. The molecule has 36 heavy (non-hydrogen) atoms.